The average molecular weight is 307 g/mol. The Kier molecular flexibility index (Phi) is 5.18. The van der Waals surface area contributed by atoms with E-state index in [0.717, 1.165) is 25.1 Å². The highest BCUT2D eigenvalue weighted by atomic mass is 16.2. The number of unbranched alkanes of at least 4 members (excludes halogenated alkanes) is 1. The van der Waals surface area contributed by atoms with E-state index in [9.17, 15) is 9.59 Å². The van der Waals surface area contributed by atoms with Crippen LogP contribution in [0.25, 0.3) is 11.2 Å². The molecule has 2 aromatic heterocycles. The quantitative estimate of drug-likeness (QED) is 0.763. The van der Waals surface area contributed by atoms with E-state index in [4.69, 9.17) is 5.73 Å². The van der Waals surface area contributed by atoms with Crippen molar-refractivity contribution in [3.05, 3.63) is 26.7 Å². The zero-order valence-corrected chi connectivity index (χ0v) is 13.6. The molecule has 0 spiro atoms. The minimum absolute atomic E-state index is 0.240. The van der Waals surface area contributed by atoms with Crippen LogP contribution >= 0.6 is 0 Å². The highest BCUT2D eigenvalue weighted by molar-refractivity contribution is 5.71. The smallest absolute Gasteiger partial charge is 0.330 e. The molecule has 0 unspecified atom stereocenters. The number of rotatable bonds is 7. The molecular formula is C15H25N5O2. The molecule has 0 fully saturated rings. The predicted molar refractivity (Wildman–Crippen MR) is 87.3 cm³/mol. The molecule has 0 aliphatic carbocycles. The molecule has 2 N–H and O–H groups in total. The van der Waals surface area contributed by atoms with E-state index in [1.54, 1.807) is 4.57 Å². The van der Waals surface area contributed by atoms with Gasteiger partial charge in [-0.1, -0.05) is 6.92 Å². The van der Waals surface area contributed by atoms with E-state index < -0.39 is 0 Å². The fraction of sp³-hybridized carbons (Fsp3) is 0.667. The topological polar surface area (TPSA) is 87.8 Å². The summed E-state index contributed by atoms with van der Waals surface area (Å²) in [6, 6.07) is 0. The Labute approximate surface area is 129 Å². The van der Waals surface area contributed by atoms with Gasteiger partial charge < -0.3 is 10.3 Å². The normalized spacial score (nSPS) is 11.5. The zero-order valence-electron chi connectivity index (χ0n) is 13.6. The molecule has 7 heteroatoms. The largest absolute Gasteiger partial charge is 0.332 e. The van der Waals surface area contributed by atoms with Crippen molar-refractivity contribution in [3.63, 3.8) is 0 Å². The first-order valence-corrected chi connectivity index (χ1v) is 8.03. The van der Waals surface area contributed by atoms with Crippen molar-refractivity contribution in [2.45, 2.75) is 59.7 Å². The summed E-state index contributed by atoms with van der Waals surface area (Å²) in [6.07, 6.45) is 2.25. The Morgan fingerprint density at radius 1 is 1.00 bits per heavy atom. The van der Waals surface area contributed by atoms with Gasteiger partial charge in [-0.05, 0) is 33.2 Å². The number of imidazole rings is 1. The van der Waals surface area contributed by atoms with Crippen LogP contribution in [0.5, 0.6) is 0 Å². The standard InChI is InChI=1S/C15H25N5O2/c1-4-11-17-13-12(18(11)5-2)14(21)20(10-8-7-9-16)15(22)19(13)6-3/h4-10,16H2,1-3H3. The summed E-state index contributed by atoms with van der Waals surface area (Å²) >= 11 is 0. The van der Waals surface area contributed by atoms with Crippen LogP contribution in [0, 0.1) is 0 Å². The van der Waals surface area contributed by atoms with Crippen LogP contribution in [0.1, 0.15) is 39.4 Å². The van der Waals surface area contributed by atoms with Crippen LogP contribution in [0.4, 0.5) is 0 Å². The van der Waals surface area contributed by atoms with E-state index >= 15 is 0 Å². The number of nitrogens with two attached hydrogens (primary N) is 1. The molecule has 0 aliphatic rings. The molecule has 0 aliphatic heterocycles. The molecule has 2 aromatic rings. The number of hydrogen-bond donors (Lipinski definition) is 1. The average Bonchev–Trinajstić information content (AvgIpc) is 2.89. The molecule has 0 amide bonds. The molecule has 0 aromatic carbocycles. The van der Waals surface area contributed by atoms with Crippen LogP contribution in [0.2, 0.25) is 0 Å². The van der Waals surface area contributed by atoms with Crippen molar-refractivity contribution in [2.75, 3.05) is 6.54 Å². The Bertz CT molecular complexity index is 769. The third-order valence-electron chi connectivity index (χ3n) is 3.98. The van der Waals surface area contributed by atoms with E-state index in [1.807, 2.05) is 25.3 Å². The second-order valence-corrected chi connectivity index (χ2v) is 5.28. The van der Waals surface area contributed by atoms with E-state index in [2.05, 4.69) is 4.98 Å². The second-order valence-electron chi connectivity index (χ2n) is 5.28. The second kappa shape index (κ2) is 6.91. The van der Waals surface area contributed by atoms with Crippen molar-refractivity contribution >= 4 is 11.2 Å². The van der Waals surface area contributed by atoms with Crippen molar-refractivity contribution in [1.82, 2.24) is 18.7 Å². The maximum Gasteiger partial charge on any atom is 0.332 e. The number of fused-ring (bicyclic) bond motifs is 1. The van der Waals surface area contributed by atoms with Gasteiger partial charge in [0.25, 0.3) is 5.56 Å². The third kappa shape index (κ3) is 2.61. The van der Waals surface area contributed by atoms with Gasteiger partial charge in [-0.2, -0.15) is 0 Å². The van der Waals surface area contributed by atoms with Crippen molar-refractivity contribution in [3.8, 4) is 0 Å². The van der Waals surface area contributed by atoms with Crippen LogP contribution in [0.3, 0.4) is 0 Å². The fourth-order valence-corrected chi connectivity index (χ4v) is 2.84. The monoisotopic (exact) mass is 307 g/mol. The number of nitrogens with zero attached hydrogens (tertiary/aromatic N) is 4. The molecule has 0 saturated heterocycles. The predicted octanol–water partition coefficient (Wildman–Crippen LogP) is 0.701. The van der Waals surface area contributed by atoms with Gasteiger partial charge in [0.2, 0.25) is 0 Å². The van der Waals surface area contributed by atoms with Crippen molar-refractivity contribution in [2.24, 2.45) is 5.73 Å². The first-order chi connectivity index (χ1) is 10.6. The molecule has 0 radical (unpaired) electrons. The first kappa shape index (κ1) is 16.5. The Hall–Kier alpha value is -1.89. The van der Waals surface area contributed by atoms with Crippen molar-refractivity contribution in [1.29, 1.82) is 0 Å². The highest BCUT2D eigenvalue weighted by Gasteiger charge is 2.19. The van der Waals surface area contributed by atoms with Crippen LogP contribution < -0.4 is 17.0 Å². The van der Waals surface area contributed by atoms with Gasteiger partial charge in [-0.15, -0.1) is 0 Å². The summed E-state index contributed by atoms with van der Waals surface area (Å²) in [5.74, 6) is 0.843. The number of aromatic nitrogens is 4. The van der Waals surface area contributed by atoms with Gasteiger partial charge >= 0.3 is 5.69 Å². The Balaban J connectivity index is 2.77. The summed E-state index contributed by atoms with van der Waals surface area (Å²) < 4.78 is 4.84. The van der Waals surface area contributed by atoms with Gasteiger partial charge in [0, 0.05) is 26.1 Å². The van der Waals surface area contributed by atoms with Crippen molar-refractivity contribution < 1.29 is 0 Å². The van der Waals surface area contributed by atoms with Gasteiger partial charge in [0.1, 0.15) is 5.82 Å². The van der Waals surface area contributed by atoms with Crippen LogP contribution in [-0.2, 0) is 26.1 Å². The SMILES string of the molecule is CCc1nc2c(c(=O)n(CCCCN)c(=O)n2CC)n1CC. The third-order valence-corrected chi connectivity index (χ3v) is 3.98. The van der Waals surface area contributed by atoms with Crippen LogP contribution in [-0.4, -0.2) is 25.2 Å². The summed E-state index contributed by atoms with van der Waals surface area (Å²) in [5.41, 5.74) is 6.02. The van der Waals surface area contributed by atoms with E-state index in [-0.39, 0.29) is 11.2 Å². The summed E-state index contributed by atoms with van der Waals surface area (Å²) in [6.45, 7) is 8.01. The lowest BCUT2D eigenvalue weighted by Crippen LogP contribution is -2.40. The molecular weight excluding hydrogens is 282 g/mol. The summed E-state index contributed by atoms with van der Waals surface area (Å²) in [7, 11) is 0. The lowest BCUT2D eigenvalue weighted by atomic mass is 10.3. The molecule has 22 heavy (non-hydrogen) atoms. The maximum absolute atomic E-state index is 12.8. The number of aryl methyl sites for hydroxylation is 3. The minimum atomic E-state index is -0.277. The molecule has 0 atom stereocenters. The van der Waals surface area contributed by atoms with Gasteiger partial charge in [0.05, 0.1) is 0 Å². The first-order valence-electron chi connectivity index (χ1n) is 8.03. The molecule has 0 bridgehead atoms. The zero-order chi connectivity index (χ0) is 16.3. The lowest BCUT2D eigenvalue weighted by Gasteiger charge is -2.10. The molecule has 7 nitrogen and oxygen atoms in total. The highest BCUT2D eigenvalue weighted by Crippen LogP contribution is 2.12. The summed E-state index contributed by atoms with van der Waals surface area (Å²) in [5, 5.41) is 0. The molecule has 0 saturated carbocycles. The molecule has 122 valence electrons. The van der Waals surface area contributed by atoms with Crippen LogP contribution in [0.15, 0.2) is 9.59 Å². The van der Waals surface area contributed by atoms with E-state index in [0.29, 0.717) is 37.3 Å². The Morgan fingerprint density at radius 3 is 2.23 bits per heavy atom. The molecule has 2 rings (SSSR count). The van der Waals surface area contributed by atoms with Gasteiger partial charge in [-0.3, -0.25) is 13.9 Å². The maximum atomic E-state index is 12.8. The van der Waals surface area contributed by atoms with E-state index in [1.165, 1.54) is 4.57 Å². The minimum Gasteiger partial charge on any atom is -0.330 e. The fourth-order valence-electron chi connectivity index (χ4n) is 2.84. The summed E-state index contributed by atoms with van der Waals surface area (Å²) in [4.78, 5) is 29.9. The number of hydrogen-bond acceptors (Lipinski definition) is 4. The Morgan fingerprint density at radius 2 is 1.68 bits per heavy atom. The molecule has 2 heterocycles. The van der Waals surface area contributed by atoms with Gasteiger partial charge in [-0.25, -0.2) is 9.78 Å². The lowest BCUT2D eigenvalue weighted by molar-refractivity contribution is 0.543. The van der Waals surface area contributed by atoms with Gasteiger partial charge in [0.15, 0.2) is 11.2 Å².